The summed E-state index contributed by atoms with van der Waals surface area (Å²) >= 11 is 1.37. The van der Waals surface area contributed by atoms with Crippen LogP contribution in [0.4, 0.5) is 10.3 Å². The van der Waals surface area contributed by atoms with Gasteiger partial charge in [-0.2, -0.15) is 0 Å². The lowest BCUT2D eigenvalue weighted by Crippen LogP contribution is -2.34. The first kappa shape index (κ1) is 22.8. The number of piperidine rings is 1. The van der Waals surface area contributed by atoms with E-state index in [1.807, 2.05) is 0 Å². The molecule has 0 radical (unpaired) electrons. The van der Waals surface area contributed by atoms with Crippen LogP contribution in [0.3, 0.4) is 0 Å². The summed E-state index contributed by atoms with van der Waals surface area (Å²) in [5, 5.41) is 12.3. The quantitative estimate of drug-likeness (QED) is 0.456. The molecule has 9 heteroatoms. The van der Waals surface area contributed by atoms with Gasteiger partial charge in [0.25, 0.3) is 0 Å². The number of nitrogens with one attached hydrogen (secondary N) is 1. The maximum absolute atomic E-state index is 14.4. The summed E-state index contributed by atoms with van der Waals surface area (Å²) < 4.78 is 16.6. The second-order valence-electron chi connectivity index (χ2n) is 8.80. The molecule has 1 N–H and O–H groups in total. The van der Waals surface area contributed by atoms with E-state index in [0.717, 1.165) is 55.8 Å². The first-order valence-electron chi connectivity index (χ1n) is 11.3. The van der Waals surface area contributed by atoms with Crippen molar-refractivity contribution in [1.29, 1.82) is 0 Å². The van der Waals surface area contributed by atoms with Crippen LogP contribution in [0.25, 0.3) is 0 Å². The number of amides is 1. The number of Topliss-reactive ketones (excluding diaryl/α,β-unsaturated/α-hetero) is 1. The van der Waals surface area contributed by atoms with Crippen LogP contribution in [-0.4, -0.2) is 51.8 Å². The molecular weight excluding hydrogens is 429 g/mol. The van der Waals surface area contributed by atoms with Gasteiger partial charge in [0, 0.05) is 38.2 Å². The topological polar surface area (TPSA) is 80.1 Å². The molecule has 1 saturated carbocycles. The van der Waals surface area contributed by atoms with Gasteiger partial charge in [-0.05, 0) is 49.7 Å². The molecule has 1 aromatic heterocycles. The van der Waals surface area contributed by atoms with Crippen molar-refractivity contribution in [2.45, 2.75) is 57.1 Å². The van der Waals surface area contributed by atoms with Crippen molar-refractivity contribution in [3.63, 3.8) is 0 Å². The highest BCUT2D eigenvalue weighted by Gasteiger charge is 2.32. The molecule has 0 atom stereocenters. The zero-order valence-electron chi connectivity index (χ0n) is 18.6. The Morgan fingerprint density at radius 2 is 1.94 bits per heavy atom. The van der Waals surface area contributed by atoms with Crippen LogP contribution in [0.2, 0.25) is 0 Å². The summed E-state index contributed by atoms with van der Waals surface area (Å²) in [7, 11) is 0. The van der Waals surface area contributed by atoms with E-state index in [1.54, 1.807) is 12.1 Å². The van der Waals surface area contributed by atoms with E-state index in [1.165, 1.54) is 24.8 Å². The number of benzene rings is 1. The highest BCUT2D eigenvalue weighted by Crippen LogP contribution is 2.41. The average molecular weight is 460 g/mol. The van der Waals surface area contributed by atoms with Crippen molar-refractivity contribution in [2.24, 2.45) is 5.92 Å². The smallest absolute Gasteiger partial charge is 0.228 e. The van der Waals surface area contributed by atoms with Gasteiger partial charge in [-0.15, -0.1) is 10.2 Å². The van der Waals surface area contributed by atoms with Crippen LogP contribution in [0.1, 0.15) is 61.5 Å². The van der Waals surface area contributed by atoms with E-state index in [-0.39, 0.29) is 17.4 Å². The molecule has 2 aliphatic rings. The number of carbonyl (C=O) groups is 2. The first-order valence-corrected chi connectivity index (χ1v) is 12.3. The van der Waals surface area contributed by atoms with Crippen molar-refractivity contribution >= 4 is 29.4 Å². The van der Waals surface area contributed by atoms with Crippen molar-refractivity contribution in [3.8, 4) is 0 Å². The van der Waals surface area contributed by atoms with Gasteiger partial charge in [0.2, 0.25) is 11.9 Å². The minimum Gasteiger partial charge on any atom is -0.356 e. The van der Waals surface area contributed by atoms with Crippen LogP contribution >= 0.6 is 11.8 Å². The maximum Gasteiger partial charge on any atom is 0.228 e. The SMILES string of the molecule is CC(=O)NCCc1ccc(C(=O)CSc2nnc(N3CCC(C)CC3)n2C2CC2)cc1F. The largest absolute Gasteiger partial charge is 0.356 e. The fourth-order valence-electron chi connectivity index (χ4n) is 3.95. The maximum atomic E-state index is 14.4. The second kappa shape index (κ2) is 10.0. The molecule has 172 valence electrons. The molecule has 32 heavy (non-hydrogen) atoms. The molecule has 4 rings (SSSR count). The Labute approximate surface area is 192 Å². The number of hydrogen-bond acceptors (Lipinski definition) is 6. The zero-order valence-corrected chi connectivity index (χ0v) is 19.5. The first-order chi connectivity index (χ1) is 15.4. The minimum absolute atomic E-state index is 0.138. The molecule has 0 spiro atoms. The van der Waals surface area contributed by atoms with Crippen LogP contribution in [-0.2, 0) is 11.2 Å². The predicted molar refractivity (Wildman–Crippen MR) is 123 cm³/mol. The molecule has 7 nitrogen and oxygen atoms in total. The van der Waals surface area contributed by atoms with Gasteiger partial charge in [0.15, 0.2) is 10.9 Å². The number of carbonyl (C=O) groups excluding carboxylic acids is 2. The number of halogens is 1. The molecule has 1 amide bonds. The Balaban J connectivity index is 1.39. The summed E-state index contributed by atoms with van der Waals surface area (Å²) in [6, 6.07) is 4.98. The fourth-order valence-corrected chi connectivity index (χ4v) is 4.85. The van der Waals surface area contributed by atoms with Crippen LogP contribution in [0.5, 0.6) is 0 Å². The van der Waals surface area contributed by atoms with E-state index in [0.29, 0.717) is 30.1 Å². The molecule has 1 saturated heterocycles. The molecule has 0 unspecified atom stereocenters. The van der Waals surface area contributed by atoms with Gasteiger partial charge in [0.1, 0.15) is 5.82 Å². The van der Waals surface area contributed by atoms with Crippen molar-refractivity contribution in [2.75, 3.05) is 30.3 Å². The number of hydrogen-bond donors (Lipinski definition) is 1. The van der Waals surface area contributed by atoms with Crippen LogP contribution < -0.4 is 10.2 Å². The third-order valence-corrected chi connectivity index (χ3v) is 7.04. The number of rotatable bonds is 9. The van der Waals surface area contributed by atoms with Crippen LogP contribution in [0.15, 0.2) is 23.4 Å². The molecule has 1 aromatic carbocycles. The minimum atomic E-state index is -0.422. The Morgan fingerprint density at radius 1 is 1.19 bits per heavy atom. The second-order valence-corrected chi connectivity index (χ2v) is 9.75. The molecule has 1 aliphatic heterocycles. The van der Waals surface area contributed by atoms with Crippen molar-refractivity contribution in [3.05, 3.63) is 35.1 Å². The average Bonchev–Trinajstić information content (AvgIpc) is 3.52. The summed E-state index contributed by atoms with van der Waals surface area (Å²) in [5.74, 6) is 1.14. The highest BCUT2D eigenvalue weighted by atomic mass is 32.2. The van der Waals surface area contributed by atoms with Gasteiger partial charge in [-0.25, -0.2) is 4.39 Å². The summed E-state index contributed by atoms with van der Waals surface area (Å²) in [6.45, 7) is 6.06. The third-order valence-electron chi connectivity index (χ3n) is 6.10. The Bertz CT molecular complexity index is 983. The summed E-state index contributed by atoms with van der Waals surface area (Å²) in [4.78, 5) is 26.0. The number of ketones is 1. The van der Waals surface area contributed by atoms with E-state index in [4.69, 9.17) is 0 Å². The van der Waals surface area contributed by atoms with Crippen LogP contribution in [0, 0.1) is 11.7 Å². The standard InChI is InChI=1S/C23H30FN5O2S/c1-15-8-11-28(12-9-15)22-26-27-23(29(22)19-5-6-19)32-14-21(31)18-4-3-17(20(24)13-18)7-10-25-16(2)30/h3-4,13,15,19H,5-12,14H2,1-2H3,(H,25,30). The monoisotopic (exact) mass is 459 g/mol. The Morgan fingerprint density at radius 3 is 2.59 bits per heavy atom. The molecule has 0 bridgehead atoms. The van der Waals surface area contributed by atoms with E-state index in [9.17, 15) is 14.0 Å². The number of nitrogens with zero attached hydrogens (tertiary/aromatic N) is 4. The lowest BCUT2D eigenvalue weighted by atomic mass is 10.00. The fraction of sp³-hybridized carbons (Fsp3) is 0.565. The summed E-state index contributed by atoms with van der Waals surface area (Å²) in [5.41, 5.74) is 0.831. The van der Waals surface area contributed by atoms with Gasteiger partial charge >= 0.3 is 0 Å². The zero-order chi connectivity index (χ0) is 22.7. The normalized spacial score (nSPS) is 16.9. The number of thioether (sulfide) groups is 1. The predicted octanol–water partition coefficient (Wildman–Crippen LogP) is 3.64. The molecule has 2 aromatic rings. The van der Waals surface area contributed by atoms with Crippen molar-refractivity contribution < 1.29 is 14.0 Å². The van der Waals surface area contributed by atoms with Crippen molar-refractivity contribution in [1.82, 2.24) is 20.1 Å². The van der Waals surface area contributed by atoms with Gasteiger partial charge in [-0.1, -0.05) is 30.8 Å². The van der Waals surface area contributed by atoms with E-state index >= 15 is 0 Å². The number of aromatic nitrogens is 3. The Kier molecular flexibility index (Phi) is 7.13. The van der Waals surface area contributed by atoms with E-state index < -0.39 is 5.82 Å². The molecule has 2 fully saturated rings. The molecular formula is C23H30FN5O2S. The molecule has 2 heterocycles. The van der Waals surface area contributed by atoms with E-state index in [2.05, 4.69) is 31.9 Å². The van der Waals surface area contributed by atoms with Gasteiger partial charge in [0.05, 0.1) is 5.75 Å². The Hall–Kier alpha value is -2.42. The third kappa shape index (κ3) is 5.49. The van der Waals surface area contributed by atoms with Gasteiger partial charge in [-0.3, -0.25) is 14.2 Å². The summed E-state index contributed by atoms with van der Waals surface area (Å²) in [6.07, 6.45) is 4.93. The lowest BCUT2D eigenvalue weighted by molar-refractivity contribution is -0.118. The lowest BCUT2D eigenvalue weighted by Gasteiger charge is -2.31. The van der Waals surface area contributed by atoms with Gasteiger partial charge < -0.3 is 10.2 Å². The number of anilines is 1. The molecule has 1 aliphatic carbocycles. The highest BCUT2D eigenvalue weighted by molar-refractivity contribution is 7.99.